The van der Waals surface area contributed by atoms with Crippen LogP contribution in [0.25, 0.3) is 0 Å². The number of amides is 1. The molecule has 1 aromatic heterocycles. The highest BCUT2D eigenvalue weighted by Crippen LogP contribution is 2.36. The van der Waals surface area contributed by atoms with Crippen molar-refractivity contribution in [2.75, 3.05) is 16.8 Å². The summed E-state index contributed by atoms with van der Waals surface area (Å²) in [6.07, 6.45) is 3.27. The quantitative estimate of drug-likeness (QED) is 0.865. The van der Waals surface area contributed by atoms with E-state index in [1.807, 2.05) is 29.2 Å². The van der Waals surface area contributed by atoms with Crippen LogP contribution in [0.4, 0.5) is 11.4 Å². The van der Waals surface area contributed by atoms with E-state index in [1.54, 1.807) is 6.07 Å². The smallest absolute Gasteiger partial charge is 0.247 e. The van der Waals surface area contributed by atoms with E-state index in [0.717, 1.165) is 11.4 Å². The van der Waals surface area contributed by atoms with Crippen LogP contribution in [0.15, 0.2) is 53.7 Å². The summed E-state index contributed by atoms with van der Waals surface area (Å²) in [4.78, 5) is 18.2. The van der Waals surface area contributed by atoms with Gasteiger partial charge in [-0.25, -0.2) is 13.1 Å². The van der Waals surface area contributed by atoms with Gasteiger partial charge in [-0.3, -0.25) is 9.78 Å². The van der Waals surface area contributed by atoms with Crippen molar-refractivity contribution in [2.45, 2.75) is 23.4 Å². The average molecular weight is 344 g/mol. The molecule has 2 unspecified atom stereocenters. The number of rotatable bonds is 3. The van der Waals surface area contributed by atoms with Crippen LogP contribution in [0, 0.1) is 0 Å². The maximum atomic E-state index is 12.5. The zero-order valence-electron chi connectivity index (χ0n) is 12.7. The third kappa shape index (κ3) is 2.53. The van der Waals surface area contributed by atoms with Crippen LogP contribution in [-0.4, -0.2) is 37.9 Å². The zero-order valence-corrected chi connectivity index (χ0v) is 13.5. The molecule has 24 heavy (non-hydrogen) atoms. The molecule has 1 amide bonds. The van der Waals surface area contributed by atoms with Gasteiger partial charge < -0.3 is 10.2 Å². The first-order valence-electron chi connectivity index (χ1n) is 7.63. The van der Waals surface area contributed by atoms with Crippen molar-refractivity contribution in [3.8, 4) is 0 Å². The van der Waals surface area contributed by atoms with Crippen molar-refractivity contribution in [3.63, 3.8) is 0 Å². The van der Waals surface area contributed by atoms with Crippen molar-refractivity contribution in [1.82, 2.24) is 9.71 Å². The molecule has 0 radical (unpaired) electrons. The van der Waals surface area contributed by atoms with E-state index >= 15 is 0 Å². The fourth-order valence-corrected chi connectivity index (χ4v) is 4.48. The molecule has 3 heterocycles. The highest BCUT2D eigenvalue weighted by Gasteiger charge is 2.42. The van der Waals surface area contributed by atoms with Gasteiger partial charge in [0.15, 0.2) is 0 Å². The van der Waals surface area contributed by atoms with Gasteiger partial charge in [-0.15, -0.1) is 0 Å². The van der Waals surface area contributed by atoms with E-state index < -0.39 is 10.0 Å². The largest absolute Gasteiger partial charge is 0.356 e. The molecule has 1 aromatic carbocycles. The molecule has 2 aliphatic rings. The highest BCUT2D eigenvalue weighted by atomic mass is 32.2. The number of carbonyl (C=O) groups is 1. The monoisotopic (exact) mass is 344 g/mol. The first kappa shape index (κ1) is 15.1. The standard InChI is InChI=1S/C16H16N4O3S/c21-16-15-8-11(19-24(22,23)12-4-3-7-17-9-12)10-20(15)14-6-2-1-5-13(14)18-16/h1-7,9,11,15,19H,8,10H2,(H,18,21). The Morgan fingerprint density at radius 3 is 2.83 bits per heavy atom. The number of sulfonamides is 1. The van der Waals surface area contributed by atoms with E-state index in [0.29, 0.717) is 13.0 Å². The van der Waals surface area contributed by atoms with Crippen molar-refractivity contribution < 1.29 is 13.2 Å². The molecule has 2 atom stereocenters. The van der Waals surface area contributed by atoms with Crippen LogP contribution in [-0.2, 0) is 14.8 Å². The number of nitrogens with one attached hydrogen (secondary N) is 2. The first-order chi connectivity index (χ1) is 11.5. The van der Waals surface area contributed by atoms with E-state index in [1.165, 1.54) is 18.5 Å². The molecule has 2 N–H and O–H groups in total. The van der Waals surface area contributed by atoms with Gasteiger partial charge in [0.2, 0.25) is 15.9 Å². The Morgan fingerprint density at radius 2 is 2.04 bits per heavy atom. The molecule has 4 rings (SSSR count). The predicted molar refractivity (Wildman–Crippen MR) is 89.2 cm³/mol. The summed E-state index contributed by atoms with van der Waals surface area (Å²) >= 11 is 0. The van der Waals surface area contributed by atoms with Gasteiger partial charge in [-0.1, -0.05) is 12.1 Å². The van der Waals surface area contributed by atoms with E-state index in [9.17, 15) is 13.2 Å². The molecule has 2 aromatic rings. The number of anilines is 2. The second-order valence-corrected chi connectivity index (χ2v) is 7.63. The molecule has 124 valence electrons. The van der Waals surface area contributed by atoms with E-state index in [2.05, 4.69) is 15.0 Å². The lowest BCUT2D eigenvalue weighted by Gasteiger charge is -2.32. The molecule has 1 fully saturated rings. The topological polar surface area (TPSA) is 91.4 Å². The van der Waals surface area contributed by atoms with Gasteiger partial charge >= 0.3 is 0 Å². The van der Waals surface area contributed by atoms with E-state index in [4.69, 9.17) is 0 Å². The number of para-hydroxylation sites is 2. The molecular weight excluding hydrogens is 328 g/mol. The maximum Gasteiger partial charge on any atom is 0.247 e. The molecule has 8 heteroatoms. The maximum absolute atomic E-state index is 12.5. The van der Waals surface area contributed by atoms with Crippen molar-refractivity contribution in [3.05, 3.63) is 48.8 Å². The predicted octanol–water partition coefficient (Wildman–Crippen LogP) is 0.959. The van der Waals surface area contributed by atoms with Crippen LogP contribution in [0.2, 0.25) is 0 Å². The van der Waals surface area contributed by atoms with Crippen molar-refractivity contribution in [1.29, 1.82) is 0 Å². The second-order valence-electron chi connectivity index (χ2n) is 5.92. The number of carbonyl (C=O) groups excluding carboxylic acids is 1. The Morgan fingerprint density at radius 1 is 1.21 bits per heavy atom. The molecule has 0 spiro atoms. The highest BCUT2D eigenvalue weighted by molar-refractivity contribution is 7.89. The Labute approximate surface area is 139 Å². The fourth-order valence-electron chi connectivity index (χ4n) is 3.28. The summed E-state index contributed by atoms with van der Waals surface area (Å²) in [6.45, 7) is 0.453. The van der Waals surface area contributed by atoms with Crippen molar-refractivity contribution in [2.24, 2.45) is 0 Å². The number of benzene rings is 1. The van der Waals surface area contributed by atoms with Gasteiger partial charge in [0, 0.05) is 25.0 Å². The number of hydrogen-bond acceptors (Lipinski definition) is 5. The molecule has 0 saturated carbocycles. The van der Waals surface area contributed by atoms with Gasteiger partial charge in [-0.05, 0) is 30.7 Å². The number of hydrogen-bond donors (Lipinski definition) is 2. The lowest BCUT2D eigenvalue weighted by Crippen LogP contribution is -2.44. The van der Waals surface area contributed by atoms with Gasteiger partial charge in [0.05, 0.1) is 11.4 Å². The summed E-state index contributed by atoms with van der Waals surface area (Å²) in [5.74, 6) is -0.100. The van der Waals surface area contributed by atoms with Crippen LogP contribution in [0.5, 0.6) is 0 Å². The van der Waals surface area contributed by atoms with Gasteiger partial charge in [-0.2, -0.15) is 0 Å². The zero-order chi connectivity index (χ0) is 16.7. The first-order valence-corrected chi connectivity index (χ1v) is 9.12. The van der Waals surface area contributed by atoms with Gasteiger partial charge in [0.25, 0.3) is 0 Å². The fraction of sp³-hybridized carbons (Fsp3) is 0.250. The van der Waals surface area contributed by atoms with Crippen LogP contribution < -0.4 is 14.9 Å². The van der Waals surface area contributed by atoms with E-state index in [-0.39, 0.29) is 22.9 Å². The summed E-state index contributed by atoms with van der Waals surface area (Å²) in [6, 6.07) is 9.92. The number of aromatic nitrogens is 1. The van der Waals surface area contributed by atoms with Crippen molar-refractivity contribution >= 4 is 27.3 Å². The number of nitrogens with zero attached hydrogens (tertiary/aromatic N) is 2. The normalized spacial score (nSPS) is 22.7. The minimum absolute atomic E-state index is 0.100. The molecule has 1 saturated heterocycles. The second kappa shape index (κ2) is 5.57. The third-order valence-electron chi connectivity index (χ3n) is 4.34. The van der Waals surface area contributed by atoms with Gasteiger partial charge in [0.1, 0.15) is 10.9 Å². The molecule has 2 aliphatic heterocycles. The SMILES string of the molecule is O=C1Nc2ccccc2N2CC(NS(=O)(=O)c3cccnc3)CC12. The molecule has 0 bridgehead atoms. The molecule has 0 aliphatic carbocycles. The summed E-state index contributed by atoms with van der Waals surface area (Å²) in [5, 5.41) is 2.88. The average Bonchev–Trinajstić information content (AvgIpc) is 3.00. The Kier molecular flexibility index (Phi) is 3.50. The minimum atomic E-state index is -3.65. The Bertz CT molecular complexity index is 885. The summed E-state index contributed by atoms with van der Waals surface area (Å²) < 4.78 is 27.6. The third-order valence-corrected chi connectivity index (χ3v) is 5.85. The summed E-state index contributed by atoms with van der Waals surface area (Å²) in [5.41, 5.74) is 1.68. The minimum Gasteiger partial charge on any atom is -0.356 e. The molecule has 7 nitrogen and oxygen atoms in total. The Hall–Kier alpha value is -2.45. The Balaban J connectivity index is 1.58. The van der Waals surface area contributed by atoms with Crippen LogP contribution >= 0.6 is 0 Å². The summed E-state index contributed by atoms with van der Waals surface area (Å²) in [7, 11) is -3.65. The van der Waals surface area contributed by atoms with Crippen LogP contribution in [0.3, 0.4) is 0 Å². The molecular formula is C16H16N4O3S. The lowest BCUT2D eigenvalue weighted by atomic mass is 10.1. The van der Waals surface area contributed by atoms with Crippen LogP contribution in [0.1, 0.15) is 6.42 Å². The lowest BCUT2D eigenvalue weighted by molar-refractivity contribution is -0.117. The number of pyridine rings is 1. The number of fused-ring (bicyclic) bond motifs is 3.